The van der Waals surface area contributed by atoms with Crippen molar-refractivity contribution in [2.45, 2.75) is 51.4 Å². The molecule has 1 aromatic rings. The fourth-order valence-electron chi connectivity index (χ4n) is 3.19. The van der Waals surface area contributed by atoms with Gasteiger partial charge in [0.2, 0.25) is 0 Å². The molecule has 1 aromatic carbocycles. The molecule has 2 heteroatoms. The van der Waals surface area contributed by atoms with Crippen molar-refractivity contribution >= 4 is 0 Å². The molecule has 94 valence electrons. The molecule has 1 aliphatic rings. The third kappa shape index (κ3) is 2.06. The molecule has 0 bridgehead atoms. The second kappa shape index (κ2) is 4.69. The summed E-state index contributed by atoms with van der Waals surface area (Å²) in [6.07, 6.45) is 6.26. The maximum absolute atomic E-state index is 9.75. The monoisotopic (exact) mass is 233 g/mol. The fourth-order valence-corrected chi connectivity index (χ4v) is 3.19. The highest BCUT2D eigenvalue weighted by atomic mass is 16.3. The summed E-state index contributed by atoms with van der Waals surface area (Å²) in [6.45, 7) is 4.82. The van der Waals surface area contributed by atoms with Gasteiger partial charge in [0, 0.05) is 12.0 Å². The lowest BCUT2D eigenvalue weighted by atomic mass is 9.68. The summed E-state index contributed by atoms with van der Waals surface area (Å²) >= 11 is 0. The van der Waals surface area contributed by atoms with Crippen LogP contribution < -0.4 is 5.73 Å². The zero-order chi connectivity index (χ0) is 12.5. The minimum absolute atomic E-state index is 0.154. The average Bonchev–Trinajstić information content (AvgIpc) is 2.37. The summed E-state index contributed by atoms with van der Waals surface area (Å²) in [5.41, 5.74) is 9.80. The maximum Gasteiger partial charge on any atom is 0.118 e. The molecule has 0 amide bonds. The molecule has 2 rings (SSSR count). The van der Waals surface area contributed by atoms with Crippen LogP contribution in [0.3, 0.4) is 0 Å². The number of phenols is 1. The van der Waals surface area contributed by atoms with E-state index >= 15 is 0 Å². The van der Waals surface area contributed by atoms with Gasteiger partial charge in [-0.25, -0.2) is 0 Å². The molecule has 0 aromatic heterocycles. The predicted octanol–water partition coefficient (Wildman–Crippen LogP) is 3.17. The molecule has 2 nitrogen and oxygen atoms in total. The van der Waals surface area contributed by atoms with Crippen molar-refractivity contribution in [3.63, 3.8) is 0 Å². The normalized spacial score (nSPS) is 19.2. The van der Waals surface area contributed by atoms with Crippen molar-refractivity contribution in [3.8, 4) is 5.75 Å². The molecule has 0 radical (unpaired) electrons. The first kappa shape index (κ1) is 12.4. The van der Waals surface area contributed by atoms with E-state index in [2.05, 4.69) is 13.0 Å². The van der Waals surface area contributed by atoms with Crippen LogP contribution in [-0.2, 0) is 5.41 Å². The standard InChI is InChI=1S/C15H23NO/c1-11-12(2)14(17)7-6-13(11)15(10-16)8-4-3-5-9-15/h6-7,17H,3-5,8-10,16H2,1-2H3. The van der Waals surface area contributed by atoms with Crippen LogP contribution in [0.4, 0.5) is 0 Å². The first-order valence-electron chi connectivity index (χ1n) is 6.60. The fraction of sp³-hybridized carbons (Fsp3) is 0.600. The zero-order valence-corrected chi connectivity index (χ0v) is 10.9. The number of hydrogen-bond donors (Lipinski definition) is 2. The molecule has 17 heavy (non-hydrogen) atoms. The molecule has 0 unspecified atom stereocenters. The summed E-state index contributed by atoms with van der Waals surface area (Å²) in [6, 6.07) is 3.90. The highest BCUT2D eigenvalue weighted by Gasteiger charge is 2.34. The van der Waals surface area contributed by atoms with Gasteiger partial charge in [0.1, 0.15) is 5.75 Å². The Morgan fingerprint density at radius 3 is 2.35 bits per heavy atom. The first-order valence-corrected chi connectivity index (χ1v) is 6.60. The van der Waals surface area contributed by atoms with Gasteiger partial charge in [-0.05, 0) is 49.4 Å². The Bertz CT molecular complexity index is 406. The van der Waals surface area contributed by atoms with E-state index in [0.29, 0.717) is 5.75 Å². The number of benzene rings is 1. The zero-order valence-electron chi connectivity index (χ0n) is 10.9. The molecule has 0 atom stereocenters. The SMILES string of the molecule is Cc1c(O)ccc(C2(CN)CCCCC2)c1C. The minimum atomic E-state index is 0.154. The molecule has 1 fully saturated rings. The third-order valence-corrected chi connectivity index (χ3v) is 4.53. The van der Waals surface area contributed by atoms with Crippen molar-refractivity contribution < 1.29 is 5.11 Å². The van der Waals surface area contributed by atoms with Crippen molar-refractivity contribution in [1.29, 1.82) is 0 Å². The van der Waals surface area contributed by atoms with Crippen LogP contribution in [0, 0.1) is 13.8 Å². The lowest BCUT2D eigenvalue weighted by Crippen LogP contribution is -2.37. The molecular weight excluding hydrogens is 210 g/mol. The quantitative estimate of drug-likeness (QED) is 0.824. The average molecular weight is 233 g/mol. The Morgan fingerprint density at radius 2 is 1.76 bits per heavy atom. The van der Waals surface area contributed by atoms with Crippen LogP contribution >= 0.6 is 0 Å². The van der Waals surface area contributed by atoms with Gasteiger partial charge in [0.25, 0.3) is 0 Å². The molecule has 0 heterocycles. The minimum Gasteiger partial charge on any atom is -0.508 e. The van der Waals surface area contributed by atoms with Gasteiger partial charge in [-0.3, -0.25) is 0 Å². The van der Waals surface area contributed by atoms with Gasteiger partial charge in [-0.15, -0.1) is 0 Å². The number of nitrogens with two attached hydrogens (primary N) is 1. The van der Waals surface area contributed by atoms with E-state index in [1.807, 2.05) is 13.0 Å². The molecule has 1 saturated carbocycles. The summed E-state index contributed by atoms with van der Waals surface area (Å²) in [4.78, 5) is 0. The van der Waals surface area contributed by atoms with Gasteiger partial charge in [0.15, 0.2) is 0 Å². The number of phenolic OH excluding ortho intramolecular Hbond substituents is 1. The Labute approximate surface area is 104 Å². The molecule has 0 spiro atoms. The van der Waals surface area contributed by atoms with Gasteiger partial charge >= 0.3 is 0 Å². The van der Waals surface area contributed by atoms with Crippen LogP contribution in [0.15, 0.2) is 12.1 Å². The second-order valence-electron chi connectivity index (χ2n) is 5.43. The largest absolute Gasteiger partial charge is 0.508 e. The molecular formula is C15H23NO. The Kier molecular flexibility index (Phi) is 3.43. The van der Waals surface area contributed by atoms with E-state index in [-0.39, 0.29) is 5.41 Å². The summed E-state index contributed by atoms with van der Waals surface area (Å²) < 4.78 is 0. The topological polar surface area (TPSA) is 46.2 Å². The van der Waals surface area contributed by atoms with E-state index in [9.17, 15) is 5.11 Å². The molecule has 3 N–H and O–H groups in total. The third-order valence-electron chi connectivity index (χ3n) is 4.53. The van der Waals surface area contributed by atoms with Crippen LogP contribution in [0.25, 0.3) is 0 Å². The highest BCUT2D eigenvalue weighted by molar-refractivity contribution is 5.46. The smallest absolute Gasteiger partial charge is 0.118 e. The van der Waals surface area contributed by atoms with Crippen molar-refractivity contribution in [2.24, 2.45) is 5.73 Å². The van der Waals surface area contributed by atoms with Crippen molar-refractivity contribution in [1.82, 2.24) is 0 Å². The Morgan fingerprint density at radius 1 is 1.12 bits per heavy atom. The van der Waals surface area contributed by atoms with E-state index in [4.69, 9.17) is 5.73 Å². The van der Waals surface area contributed by atoms with Crippen LogP contribution in [-0.4, -0.2) is 11.7 Å². The van der Waals surface area contributed by atoms with Gasteiger partial charge in [-0.2, -0.15) is 0 Å². The van der Waals surface area contributed by atoms with E-state index in [1.165, 1.54) is 43.2 Å². The van der Waals surface area contributed by atoms with Crippen LogP contribution in [0.1, 0.15) is 48.8 Å². The first-order chi connectivity index (χ1) is 8.10. The van der Waals surface area contributed by atoms with Crippen molar-refractivity contribution in [3.05, 3.63) is 28.8 Å². The summed E-state index contributed by atoms with van der Waals surface area (Å²) in [5, 5.41) is 9.75. The molecule has 0 aliphatic heterocycles. The van der Waals surface area contributed by atoms with Crippen LogP contribution in [0.5, 0.6) is 5.75 Å². The lowest BCUT2D eigenvalue weighted by Gasteiger charge is -2.38. The molecule has 1 aliphatic carbocycles. The Hall–Kier alpha value is -1.02. The number of aromatic hydroxyl groups is 1. The number of rotatable bonds is 2. The summed E-state index contributed by atoms with van der Waals surface area (Å²) in [7, 11) is 0. The Balaban J connectivity index is 2.47. The predicted molar refractivity (Wildman–Crippen MR) is 71.4 cm³/mol. The lowest BCUT2D eigenvalue weighted by molar-refractivity contribution is 0.299. The van der Waals surface area contributed by atoms with E-state index < -0.39 is 0 Å². The highest BCUT2D eigenvalue weighted by Crippen LogP contribution is 2.41. The summed E-state index contributed by atoms with van der Waals surface area (Å²) in [5.74, 6) is 0.397. The molecule has 0 saturated heterocycles. The van der Waals surface area contributed by atoms with E-state index in [0.717, 1.165) is 12.1 Å². The van der Waals surface area contributed by atoms with Gasteiger partial charge in [0.05, 0.1) is 0 Å². The van der Waals surface area contributed by atoms with Gasteiger partial charge in [-0.1, -0.05) is 25.3 Å². The van der Waals surface area contributed by atoms with Gasteiger partial charge < -0.3 is 10.8 Å². The van der Waals surface area contributed by atoms with Crippen molar-refractivity contribution in [2.75, 3.05) is 6.54 Å². The van der Waals surface area contributed by atoms with Crippen LogP contribution in [0.2, 0.25) is 0 Å². The maximum atomic E-state index is 9.75. The van der Waals surface area contributed by atoms with E-state index in [1.54, 1.807) is 0 Å². The number of hydrogen-bond acceptors (Lipinski definition) is 2. The second-order valence-corrected chi connectivity index (χ2v) is 5.43.